The lowest BCUT2D eigenvalue weighted by Gasteiger charge is -2.10. The van der Waals surface area contributed by atoms with Gasteiger partial charge in [-0.1, -0.05) is 12.1 Å². The number of carbonyl (C=O) groups excluding carboxylic acids is 1. The van der Waals surface area contributed by atoms with Gasteiger partial charge in [0.15, 0.2) is 0 Å². The van der Waals surface area contributed by atoms with Crippen molar-refractivity contribution in [2.24, 2.45) is 0 Å². The number of ether oxygens (including phenoxy) is 1. The molecule has 1 aromatic heterocycles. The van der Waals surface area contributed by atoms with E-state index < -0.39 is 0 Å². The fourth-order valence-corrected chi connectivity index (χ4v) is 2.58. The second-order valence-electron chi connectivity index (χ2n) is 5.51. The molecule has 0 atom stereocenters. The highest BCUT2D eigenvalue weighted by Gasteiger charge is 2.12. The molecule has 3 aromatic rings. The molecule has 4 nitrogen and oxygen atoms in total. The van der Waals surface area contributed by atoms with Gasteiger partial charge in [-0.05, 0) is 42.8 Å². The molecule has 2 aromatic carbocycles. The van der Waals surface area contributed by atoms with E-state index in [1.165, 1.54) is 12.1 Å². The van der Waals surface area contributed by atoms with Crippen molar-refractivity contribution in [2.45, 2.75) is 13.5 Å². The van der Waals surface area contributed by atoms with Gasteiger partial charge in [-0.3, -0.25) is 9.78 Å². The van der Waals surface area contributed by atoms with E-state index in [0.717, 1.165) is 11.3 Å². The number of methoxy groups -OCH3 is 1. The Kier molecular flexibility index (Phi) is 4.42. The Hall–Kier alpha value is -2.95. The van der Waals surface area contributed by atoms with E-state index in [1.54, 1.807) is 26.2 Å². The third-order valence-corrected chi connectivity index (χ3v) is 3.73. The zero-order valence-corrected chi connectivity index (χ0v) is 13.5. The molecule has 0 aliphatic heterocycles. The molecule has 5 heteroatoms. The SMILES string of the molecule is COc1cccc(CNC(=O)c2cc(C)nc3cc(F)ccc23)c1. The molecule has 0 unspecified atom stereocenters. The monoisotopic (exact) mass is 324 g/mol. The Morgan fingerprint density at radius 3 is 2.83 bits per heavy atom. The second kappa shape index (κ2) is 6.66. The van der Waals surface area contributed by atoms with Gasteiger partial charge in [0.25, 0.3) is 5.91 Å². The van der Waals surface area contributed by atoms with Crippen LogP contribution in [-0.4, -0.2) is 18.0 Å². The van der Waals surface area contributed by atoms with E-state index in [-0.39, 0.29) is 11.7 Å². The average Bonchev–Trinajstić information content (AvgIpc) is 2.58. The molecule has 0 saturated carbocycles. The summed E-state index contributed by atoms with van der Waals surface area (Å²) >= 11 is 0. The number of benzene rings is 2. The summed E-state index contributed by atoms with van der Waals surface area (Å²) in [4.78, 5) is 16.8. The molecule has 0 saturated heterocycles. The molecule has 0 aliphatic carbocycles. The van der Waals surface area contributed by atoms with E-state index in [9.17, 15) is 9.18 Å². The highest BCUT2D eigenvalue weighted by molar-refractivity contribution is 6.06. The Balaban J connectivity index is 1.85. The molecule has 24 heavy (non-hydrogen) atoms. The lowest BCUT2D eigenvalue weighted by Crippen LogP contribution is -2.23. The molecular formula is C19H17FN2O2. The van der Waals surface area contributed by atoms with Crippen molar-refractivity contribution in [3.63, 3.8) is 0 Å². The second-order valence-corrected chi connectivity index (χ2v) is 5.51. The normalized spacial score (nSPS) is 10.6. The third-order valence-electron chi connectivity index (χ3n) is 3.73. The van der Waals surface area contributed by atoms with E-state index in [4.69, 9.17) is 4.74 Å². The van der Waals surface area contributed by atoms with Crippen LogP contribution in [0.1, 0.15) is 21.6 Å². The molecule has 3 rings (SSSR count). The van der Waals surface area contributed by atoms with Crippen LogP contribution >= 0.6 is 0 Å². The minimum atomic E-state index is -0.372. The van der Waals surface area contributed by atoms with Crippen LogP contribution in [0, 0.1) is 12.7 Å². The van der Waals surface area contributed by atoms with Crippen LogP contribution in [0.2, 0.25) is 0 Å². The van der Waals surface area contributed by atoms with Crippen molar-refractivity contribution < 1.29 is 13.9 Å². The van der Waals surface area contributed by atoms with Crippen LogP contribution in [0.25, 0.3) is 10.9 Å². The number of nitrogens with one attached hydrogen (secondary N) is 1. The Morgan fingerprint density at radius 1 is 1.21 bits per heavy atom. The van der Waals surface area contributed by atoms with Crippen LogP contribution < -0.4 is 10.1 Å². The van der Waals surface area contributed by atoms with Crippen LogP contribution in [0.4, 0.5) is 4.39 Å². The van der Waals surface area contributed by atoms with Crippen LogP contribution in [0.15, 0.2) is 48.5 Å². The third kappa shape index (κ3) is 3.35. The number of amides is 1. The number of hydrogen-bond acceptors (Lipinski definition) is 3. The van der Waals surface area contributed by atoms with Gasteiger partial charge in [0.2, 0.25) is 0 Å². The van der Waals surface area contributed by atoms with Gasteiger partial charge in [-0.25, -0.2) is 4.39 Å². The standard InChI is InChI=1S/C19H17FN2O2/c1-12-8-17(16-7-6-14(20)10-18(16)22-12)19(23)21-11-13-4-3-5-15(9-13)24-2/h3-10H,11H2,1-2H3,(H,21,23). The van der Waals surface area contributed by atoms with Crippen molar-refractivity contribution in [1.82, 2.24) is 10.3 Å². The van der Waals surface area contributed by atoms with Crippen molar-refractivity contribution in [1.29, 1.82) is 0 Å². The number of aromatic nitrogens is 1. The first-order valence-electron chi connectivity index (χ1n) is 7.55. The molecular weight excluding hydrogens is 307 g/mol. The maximum Gasteiger partial charge on any atom is 0.252 e. The first-order valence-corrected chi connectivity index (χ1v) is 7.55. The van der Waals surface area contributed by atoms with Gasteiger partial charge in [0.1, 0.15) is 11.6 Å². The van der Waals surface area contributed by atoms with E-state index in [2.05, 4.69) is 10.3 Å². The number of carbonyl (C=O) groups is 1. The highest BCUT2D eigenvalue weighted by Crippen LogP contribution is 2.20. The van der Waals surface area contributed by atoms with Gasteiger partial charge >= 0.3 is 0 Å². The summed E-state index contributed by atoms with van der Waals surface area (Å²) in [6, 6.07) is 13.5. The fourth-order valence-electron chi connectivity index (χ4n) is 2.58. The summed E-state index contributed by atoms with van der Waals surface area (Å²) in [5.41, 5.74) is 2.56. The summed E-state index contributed by atoms with van der Waals surface area (Å²) in [7, 11) is 1.60. The molecule has 1 N–H and O–H groups in total. The average molecular weight is 324 g/mol. The maximum atomic E-state index is 13.4. The zero-order valence-electron chi connectivity index (χ0n) is 13.5. The number of fused-ring (bicyclic) bond motifs is 1. The number of rotatable bonds is 4. The number of nitrogens with zero attached hydrogens (tertiary/aromatic N) is 1. The Bertz CT molecular complexity index is 904. The number of pyridine rings is 1. The first kappa shape index (κ1) is 15.9. The number of hydrogen-bond donors (Lipinski definition) is 1. The van der Waals surface area contributed by atoms with Crippen molar-refractivity contribution in [3.05, 3.63) is 71.2 Å². The zero-order chi connectivity index (χ0) is 17.1. The largest absolute Gasteiger partial charge is 0.497 e. The summed E-state index contributed by atoms with van der Waals surface area (Å²) in [5.74, 6) is 0.144. The van der Waals surface area contributed by atoms with Crippen molar-refractivity contribution >= 4 is 16.8 Å². The van der Waals surface area contributed by atoms with Gasteiger partial charge in [-0.2, -0.15) is 0 Å². The predicted octanol–water partition coefficient (Wildman–Crippen LogP) is 3.62. The molecule has 0 bridgehead atoms. The minimum Gasteiger partial charge on any atom is -0.497 e. The van der Waals surface area contributed by atoms with Gasteiger partial charge in [-0.15, -0.1) is 0 Å². The first-order chi connectivity index (χ1) is 11.6. The molecule has 1 heterocycles. The number of aryl methyl sites for hydroxylation is 1. The molecule has 0 fully saturated rings. The topological polar surface area (TPSA) is 51.2 Å². The number of halogens is 1. The molecule has 1 amide bonds. The predicted molar refractivity (Wildman–Crippen MR) is 90.6 cm³/mol. The van der Waals surface area contributed by atoms with Crippen molar-refractivity contribution in [2.75, 3.05) is 7.11 Å². The fraction of sp³-hybridized carbons (Fsp3) is 0.158. The molecule has 0 aliphatic rings. The van der Waals surface area contributed by atoms with Crippen LogP contribution in [-0.2, 0) is 6.54 Å². The molecule has 0 radical (unpaired) electrons. The summed E-state index contributed by atoms with van der Waals surface area (Å²) in [6.45, 7) is 2.16. The van der Waals surface area contributed by atoms with Gasteiger partial charge in [0.05, 0.1) is 18.2 Å². The van der Waals surface area contributed by atoms with E-state index in [0.29, 0.717) is 28.7 Å². The Morgan fingerprint density at radius 2 is 2.04 bits per heavy atom. The highest BCUT2D eigenvalue weighted by atomic mass is 19.1. The Labute approximate surface area is 139 Å². The summed E-state index contributed by atoms with van der Waals surface area (Å²) < 4.78 is 18.6. The minimum absolute atomic E-state index is 0.222. The van der Waals surface area contributed by atoms with Gasteiger partial charge in [0, 0.05) is 23.7 Å². The van der Waals surface area contributed by atoms with Crippen LogP contribution in [0.3, 0.4) is 0 Å². The smallest absolute Gasteiger partial charge is 0.252 e. The summed E-state index contributed by atoms with van der Waals surface area (Å²) in [6.07, 6.45) is 0. The van der Waals surface area contributed by atoms with Gasteiger partial charge < -0.3 is 10.1 Å². The molecule has 0 spiro atoms. The molecule has 122 valence electrons. The summed E-state index contributed by atoms with van der Waals surface area (Å²) in [5, 5.41) is 3.51. The van der Waals surface area contributed by atoms with E-state index in [1.807, 2.05) is 24.3 Å². The lowest BCUT2D eigenvalue weighted by molar-refractivity contribution is 0.0952. The van der Waals surface area contributed by atoms with Crippen molar-refractivity contribution in [3.8, 4) is 5.75 Å². The lowest BCUT2D eigenvalue weighted by atomic mass is 10.1. The quantitative estimate of drug-likeness (QED) is 0.797. The van der Waals surface area contributed by atoms with E-state index >= 15 is 0 Å². The maximum absolute atomic E-state index is 13.4. The van der Waals surface area contributed by atoms with Crippen LogP contribution in [0.5, 0.6) is 5.75 Å².